The molecule has 1 aliphatic rings. The lowest BCUT2D eigenvalue weighted by atomic mass is 10.2. The van der Waals surface area contributed by atoms with Crippen molar-refractivity contribution >= 4 is 28.6 Å². The Bertz CT molecular complexity index is 729. The Kier molecular flexibility index (Phi) is 3.62. The van der Waals surface area contributed by atoms with E-state index in [1.165, 1.54) is 6.33 Å². The average Bonchev–Trinajstić information content (AvgIpc) is 3.02. The SMILES string of the molecule is [N-]=[N+]=Nc1nc(Cl)nc2c1ncn2C1CC(O)C(CO)O1. The maximum absolute atomic E-state index is 9.78. The number of fused-ring (bicyclic) bond motifs is 1. The number of imidazole rings is 1. The monoisotopic (exact) mass is 311 g/mol. The molecule has 3 heterocycles. The lowest BCUT2D eigenvalue weighted by Gasteiger charge is -2.13. The van der Waals surface area contributed by atoms with E-state index in [2.05, 4.69) is 25.0 Å². The lowest BCUT2D eigenvalue weighted by molar-refractivity contribution is -0.0432. The van der Waals surface area contributed by atoms with Crippen LogP contribution in [0.25, 0.3) is 21.6 Å². The van der Waals surface area contributed by atoms with Crippen molar-refractivity contribution in [2.75, 3.05) is 6.61 Å². The van der Waals surface area contributed by atoms with Gasteiger partial charge >= 0.3 is 0 Å². The number of aliphatic hydroxyl groups is 2. The second-order valence-electron chi connectivity index (χ2n) is 4.44. The summed E-state index contributed by atoms with van der Waals surface area (Å²) in [4.78, 5) is 14.6. The highest BCUT2D eigenvalue weighted by molar-refractivity contribution is 6.28. The van der Waals surface area contributed by atoms with Crippen LogP contribution in [0.1, 0.15) is 12.6 Å². The minimum absolute atomic E-state index is 0.0171. The van der Waals surface area contributed by atoms with E-state index >= 15 is 0 Å². The zero-order valence-electron chi connectivity index (χ0n) is 10.5. The fraction of sp³-hybridized carbons (Fsp3) is 0.500. The molecule has 0 aromatic carbocycles. The molecule has 1 fully saturated rings. The highest BCUT2D eigenvalue weighted by atomic mass is 35.5. The molecule has 0 spiro atoms. The van der Waals surface area contributed by atoms with Gasteiger partial charge in [0.15, 0.2) is 11.5 Å². The highest BCUT2D eigenvalue weighted by Crippen LogP contribution is 2.32. The van der Waals surface area contributed by atoms with Crippen molar-refractivity contribution in [1.29, 1.82) is 0 Å². The molecule has 3 rings (SSSR count). The molecule has 10 nitrogen and oxygen atoms in total. The molecule has 0 radical (unpaired) electrons. The summed E-state index contributed by atoms with van der Waals surface area (Å²) in [5.41, 5.74) is 9.13. The Hall–Kier alpha value is -1.97. The van der Waals surface area contributed by atoms with Gasteiger partial charge in [0.1, 0.15) is 17.8 Å². The number of aliphatic hydroxyl groups excluding tert-OH is 2. The van der Waals surface area contributed by atoms with Crippen LogP contribution < -0.4 is 0 Å². The van der Waals surface area contributed by atoms with Crippen molar-refractivity contribution in [3.05, 3.63) is 22.1 Å². The largest absolute Gasteiger partial charge is 0.394 e. The number of hydrogen-bond donors (Lipinski definition) is 2. The molecule has 110 valence electrons. The molecule has 2 aromatic heterocycles. The van der Waals surface area contributed by atoms with Crippen LogP contribution in [0.5, 0.6) is 0 Å². The number of halogens is 1. The molecule has 1 aliphatic heterocycles. The quantitative estimate of drug-likeness (QED) is 0.375. The predicted octanol–water partition coefficient (Wildman–Crippen LogP) is 1.06. The first kappa shape index (κ1) is 14.0. The first-order valence-electron chi connectivity index (χ1n) is 6.03. The Labute approximate surface area is 122 Å². The van der Waals surface area contributed by atoms with Gasteiger partial charge in [-0.15, -0.1) is 0 Å². The summed E-state index contributed by atoms with van der Waals surface area (Å²) in [6.07, 6.45) is -0.294. The van der Waals surface area contributed by atoms with E-state index in [9.17, 15) is 5.11 Å². The highest BCUT2D eigenvalue weighted by Gasteiger charge is 2.35. The summed E-state index contributed by atoms with van der Waals surface area (Å²) < 4.78 is 7.08. The van der Waals surface area contributed by atoms with Crippen molar-refractivity contribution in [3.63, 3.8) is 0 Å². The third-order valence-electron chi connectivity index (χ3n) is 3.21. The van der Waals surface area contributed by atoms with Gasteiger partial charge in [-0.1, -0.05) is 0 Å². The van der Waals surface area contributed by atoms with Crippen molar-refractivity contribution in [2.45, 2.75) is 24.9 Å². The Morgan fingerprint density at radius 2 is 2.38 bits per heavy atom. The molecule has 3 atom stereocenters. The van der Waals surface area contributed by atoms with Crippen LogP contribution in [0.3, 0.4) is 0 Å². The first-order chi connectivity index (χ1) is 10.1. The topological polar surface area (TPSA) is 142 Å². The van der Waals surface area contributed by atoms with E-state index in [-0.39, 0.29) is 29.6 Å². The van der Waals surface area contributed by atoms with Crippen LogP contribution in [0.4, 0.5) is 5.82 Å². The summed E-state index contributed by atoms with van der Waals surface area (Å²) in [5.74, 6) is 0.0171. The molecule has 11 heteroatoms. The van der Waals surface area contributed by atoms with Crippen molar-refractivity contribution < 1.29 is 14.9 Å². The third kappa shape index (κ3) is 2.39. The molecule has 1 saturated heterocycles. The van der Waals surface area contributed by atoms with Gasteiger partial charge in [-0.25, -0.2) is 9.97 Å². The molecule has 21 heavy (non-hydrogen) atoms. The van der Waals surface area contributed by atoms with Gasteiger partial charge < -0.3 is 14.9 Å². The molecule has 2 N–H and O–H groups in total. The summed E-state index contributed by atoms with van der Waals surface area (Å²) in [6.45, 7) is -0.288. The number of rotatable bonds is 3. The van der Waals surface area contributed by atoms with E-state index in [0.717, 1.165) is 0 Å². The van der Waals surface area contributed by atoms with E-state index in [4.69, 9.17) is 27.0 Å². The Balaban J connectivity index is 2.07. The predicted molar refractivity (Wildman–Crippen MR) is 70.8 cm³/mol. The third-order valence-corrected chi connectivity index (χ3v) is 3.38. The van der Waals surface area contributed by atoms with Crippen LogP contribution in [-0.4, -0.2) is 48.5 Å². The molecule has 0 aliphatic carbocycles. The molecule has 0 amide bonds. The van der Waals surface area contributed by atoms with Crippen molar-refractivity contribution in [3.8, 4) is 0 Å². The van der Waals surface area contributed by atoms with E-state index in [1.807, 2.05) is 0 Å². The second kappa shape index (κ2) is 5.43. The van der Waals surface area contributed by atoms with Gasteiger partial charge in [-0.2, -0.15) is 4.98 Å². The zero-order valence-corrected chi connectivity index (χ0v) is 11.3. The Morgan fingerprint density at radius 3 is 3.05 bits per heavy atom. The molecular weight excluding hydrogens is 302 g/mol. The zero-order chi connectivity index (χ0) is 15.0. The fourth-order valence-corrected chi connectivity index (χ4v) is 2.41. The second-order valence-corrected chi connectivity index (χ2v) is 4.78. The number of nitrogens with zero attached hydrogens (tertiary/aromatic N) is 7. The van der Waals surface area contributed by atoms with Crippen LogP contribution >= 0.6 is 11.6 Å². The number of azide groups is 1. The fourth-order valence-electron chi connectivity index (χ4n) is 2.25. The van der Waals surface area contributed by atoms with Gasteiger partial charge in [0.05, 0.1) is 19.0 Å². The summed E-state index contributed by atoms with van der Waals surface area (Å²) in [6, 6.07) is 0. The van der Waals surface area contributed by atoms with Gasteiger partial charge in [0, 0.05) is 11.3 Å². The lowest BCUT2D eigenvalue weighted by Crippen LogP contribution is -2.24. The average molecular weight is 312 g/mol. The van der Waals surface area contributed by atoms with Gasteiger partial charge in [-0.05, 0) is 22.2 Å². The van der Waals surface area contributed by atoms with Crippen LogP contribution in [-0.2, 0) is 4.74 Å². The van der Waals surface area contributed by atoms with Crippen LogP contribution in [0, 0.1) is 0 Å². The summed E-state index contributed by atoms with van der Waals surface area (Å²) in [7, 11) is 0. The summed E-state index contributed by atoms with van der Waals surface area (Å²) >= 11 is 5.80. The Morgan fingerprint density at radius 1 is 1.57 bits per heavy atom. The molecule has 3 unspecified atom stereocenters. The van der Waals surface area contributed by atoms with E-state index < -0.39 is 18.4 Å². The standard InChI is InChI=1S/C10H10ClN7O3/c11-10-14-8(16-17-12)7-9(15-10)18(3-13-7)6-1-4(20)5(2-19)21-6/h3-6,19-20H,1-2H2. The maximum Gasteiger partial charge on any atom is 0.224 e. The van der Waals surface area contributed by atoms with Gasteiger partial charge in [0.2, 0.25) is 5.28 Å². The maximum atomic E-state index is 9.78. The smallest absolute Gasteiger partial charge is 0.224 e. The molecular formula is C10H10ClN7O3. The van der Waals surface area contributed by atoms with Crippen molar-refractivity contribution in [2.24, 2.45) is 5.11 Å². The van der Waals surface area contributed by atoms with Crippen molar-refractivity contribution in [1.82, 2.24) is 19.5 Å². The van der Waals surface area contributed by atoms with Gasteiger partial charge in [-0.3, -0.25) is 4.57 Å². The van der Waals surface area contributed by atoms with E-state index in [1.54, 1.807) is 4.57 Å². The normalized spacial score (nSPS) is 25.2. The van der Waals surface area contributed by atoms with Crippen LogP contribution in [0.2, 0.25) is 5.28 Å². The molecule has 0 saturated carbocycles. The molecule has 2 aromatic rings. The molecule has 0 bridgehead atoms. The first-order valence-corrected chi connectivity index (χ1v) is 6.41. The minimum atomic E-state index is -0.786. The van der Waals surface area contributed by atoms with E-state index in [0.29, 0.717) is 5.65 Å². The van der Waals surface area contributed by atoms with Gasteiger partial charge in [0.25, 0.3) is 0 Å². The summed E-state index contributed by atoms with van der Waals surface area (Å²) in [5, 5.41) is 22.2. The van der Waals surface area contributed by atoms with Crippen LogP contribution in [0.15, 0.2) is 11.4 Å². The minimum Gasteiger partial charge on any atom is -0.394 e. The number of ether oxygens (including phenoxy) is 1. The number of aromatic nitrogens is 4. The number of hydrogen-bond acceptors (Lipinski definition) is 7.